The second kappa shape index (κ2) is 5.83. The summed E-state index contributed by atoms with van der Waals surface area (Å²) in [6, 6.07) is 9.29. The molecule has 3 heterocycles. The fourth-order valence-electron chi connectivity index (χ4n) is 5.04. The van der Waals surface area contributed by atoms with Gasteiger partial charge in [0.1, 0.15) is 0 Å². The van der Waals surface area contributed by atoms with Gasteiger partial charge in [-0.15, -0.1) is 0 Å². The van der Waals surface area contributed by atoms with Crippen LogP contribution in [0.5, 0.6) is 0 Å². The number of benzene rings is 1. The Balaban J connectivity index is 1.50. The summed E-state index contributed by atoms with van der Waals surface area (Å²) in [5, 5.41) is 1.39. The van der Waals surface area contributed by atoms with Gasteiger partial charge in [-0.25, -0.2) is 0 Å². The van der Waals surface area contributed by atoms with Gasteiger partial charge in [0.15, 0.2) is 0 Å². The number of H-pyrrole nitrogens is 1. The zero-order valence-corrected chi connectivity index (χ0v) is 14.4. The first-order chi connectivity index (χ1) is 11.2. The maximum atomic E-state index is 3.41. The standard InChI is InChI=1S/C21H28N2/c1-3-11-21(2)13-16-8-9-20(21)23(15-16)12-10-17-14-22-19-7-5-4-6-18(17)19/h4-9,14,16,20,22H,3,10-13,15H2,1-2H3. The lowest BCUT2D eigenvalue weighted by molar-refractivity contribution is 0.0131. The first kappa shape index (κ1) is 15.0. The highest BCUT2D eigenvalue weighted by atomic mass is 15.2. The lowest BCUT2D eigenvalue weighted by atomic mass is 9.65. The Bertz CT molecular complexity index is 713. The quantitative estimate of drug-likeness (QED) is 0.788. The highest BCUT2D eigenvalue weighted by Crippen LogP contribution is 2.46. The van der Waals surface area contributed by atoms with E-state index < -0.39 is 0 Å². The normalized spacial score (nSPS) is 30.3. The fourth-order valence-corrected chi connectivity index (χ4v) is 5.04. The van der Waals surface area contributed by atoms with Crippen molar-refractivity contribution in [3.8, 4) is 0 Å². The summed E-state index contributed by atoms with van der Waals surface area (Å²) in [5.74, 6) is 0.763. The van der Waals surface area contributed by atoms with Crippen LogP contribution in [-0.2, 0) is 6.42 Å². The summed E-state index contributed by atoms with van der Waals surface area (Å²) < 4.78 is 0. The predicted octanol–water partition coefficient (Wildman–Crippen LogP) is 4.78. The molecule has 3 aliphatic rings. The van der Waals surface area contributed by atoms with E-state index in [1.165, 1.54) is 48.8 Å². The number of nitrogens with one attached hydrogen (secondary N) is 1. The Morgan fingerprint density at radius 1 is 1.26 bits per heavy atom. The monoisotopic (exact) mass is 308 g/mol. The molecule has 1 aromatic carbocycles. The molecule has 3 atom stereocenters. The van der Waals surface area contributed by atoms with Crippen LogP contribution in [-0.4, -0.2) is 29.0 Å². The number of para-hydroxylation sites is 1. The van der Waals surface area contributed by atoms with Gasteiger partial charge in [0, 0.05) is 36.2 Å². The van der Waals surface area contributed by atoms with E-state index in [0.29, 0.717) is 11.5 Å². The van der Waals surface area contributed by atoms with E-state index >= 15 is 0 Å². The maximum Gasteiger partial charge on any atom is 0.0456 e. The molecule has 3 unspecified atom stereocenters. The van der Waals surface area contributed by atoms with Crippen LogP contribution in [0.3, 0.4) is 0 Å². The third kappa shape index (κ3) is 2.63. The van der Waals surface area contributed by atoms with Crippen LogP contribution in [0, 0.1) is 11.3 Å². The predicted molar refractivity (Wildman–Crippen MR) is 97.6 cm³/mol. The zero-order chi connectivity index (χ0) is 15.9. The number of hydrogen-bond acceptors (Lipinski definition) is 1. The zero-order valence-electron chi connectivity index (χ0n) is 14.4. The van der Waals surface area contributed by atoms with Crippen molar-refractivity contribution >= 4 is 10.9 Å². The van der Waals surface area contributed by atoms with E-state index in [9.17, 15) is 0 Å². The Labute approximate surface area is 139 Å². The van der Waals surface area contributed by atoms with E-state index in [1.54, 1.807) is 0 Å². The molecular formula is C21H28N2. The minimum absolute atomic E-state index is 0.479. The van der Waals surface area contributed by atoms with Crippen molar-refractivity contribution in [3.05, 3.63) is 48.2 Å². The van der Waals surface area contributed by atoms with Gasteiger partial charge in [-0.3, -0.25) is 4.90 Å². The number of fused-ring (bicyclic) bond motifs is 3. The van der Waals surface area contributed by atoms with Gasteiger partial charge in [0.2, 0.25) is 0 Å². The van der Waals surface area contributed by atoms with E-state index in [2.05, 4.69) is 66.3 Å². The average molecular weight is 308 g/mol. The van der Waals surface area contributed by atoms with Crippen molar-refractivity contribution in [1.29, 1.82) is 0 Å². The second-order valence-corrected chi connectivity index (χ2v) is 7.80. The summed E-state index contributed by atoms with van der Waals surface area (Å²) in [7, 11) is 0. The number of rotatable bonds is 5. The maximum absolute atomic E-state index is 3.41. The van der Waals surface area contributed by atoms with Gasteiger partial charge in [-0.2, -0.15) is 0 Å². The van der Waals surface area contributed by atoms with Crippen LogP contribution in [0.2, 0.25) is 0 Å². The van der Waals surface area contributed by atoms with Crippen LogP contribution in [0.15, 0.2) is 42.6 Å². The van der Waals surface area contributed by atoms with E-state index in [4.69, 9.17) is 0 Å². The molecule has 2 bridgehead atoms. The SMILES string of the molecule is CCCC1(C)CC2C=CC1N(CCc1c[nH]c3ccccc13)C2. The first-order valence-electron chi connectivity index (χ1n) is 9.17. The van der Waals surface area contributed by atoms with Crippen LogP contribution in [0.1, 0.15) is 38.7 Å². The number of hydrogen-bond donors (Lipinski definition) is 1. The van der Waals surface area contributed by atoms with Gasteiger partial charge >= 0.3 is 0 Å². The molecule has 122 valence electrons. The molecule has 23 heavy (non-hydrogen) atoms. The molecule has 1 fully saturated rings. The third-order valence-electron chi connectivity index (χ3n) is 6.03. The minimum atomic E-state index is 0.479. The molecule has 2 nitrogen and oxygen atoms in total. The molecule has 1 aliphatic carbocycles. The lowest BCUT2D eigenvalue weighted by Crippen LogP contribution is -2.55. The fraction of sp³-hybridized carbons (Fsp3) is 0.524. The molecule has 0 spiro atoms. The molecular weight excluding hydrogens is 280 g/mol. The Morgan fingerprint density at radius 2 is 2.13 bits per heavy atom. The summed E-state index contributed by atoms with van der Waals surface area (Å²) in [6.07, 6.45) is 12.3. The van der Waals surface area contributed by atoms with Crippen molar-refractivity contribution < 1.29 is 0 Å². The largest absolute Gasteiger partial charge is 0.361 e. The smallest absolute Gasteiger partial charge is 0.0456 e. The summed E-state index contributed by atoms with van der Waals surface area (Å²) >= 11 is 0. The van der Waals surface area contributed by atoms with Crippen LogP contribution < -0.4 is 0 Å². The molecule has 5 rings (SSSR count). The highest BCUT2D eigenvalue weighted by molar-refractivity contribution is 5.83. The highest BCUT2D eigenvalue weighted by Gasteiger charge is 2.44. The molecule has 1 saturated heterocycles. The van der Waals surface area contributed by atoms with Crippen LogP contribution in [0.4, 0.5) is 0 Å². The number of aromatic amines is 1. The molecule has 0 radical (unpaired) electrons. The molecule has 1 aromatic heterocycles. The molecule has 2 heteroatoms. The molecule has 0 saturated carbocycles. The van der Waals surface area contributed by atoms with E-state index in [0.717, 1.165) is 12.3 Å². The van der Waals surface area contributed by atoms with Gasteiger partial charge in [-0.05, 0) is 42.2 Å². The van der Waals surface area contributed by atoms with Crippen molar-refractivity contribution in [1.82, 2.24) is 9.88 Å². The van der Waals surface area contributed by atoms with Crippen LogP contribution in [0.25, 0.3) is 10.9 Å². The number of nitrogens with zero attached hydrogens (tertiary/aromatic N) is 1. The average Bonchev–Trinajstić information content (AvgIpc) is 2.96. The van der Waals surface area contributed by atoms with Crippen molar-refractivity contribution in [2.75, 3.05) is 13.1 Å². The third-order valence-corrected chi connectivity index (χ3v) is 6.03. The summed E-state index contributed by atoms with van der Waals surface area (Å²) in [5.41, 5.74) is 3.20. The van der Waals surface area contributed by atoms with Crippen molar-refractivity contribution in [3.63, 3.8) is 0 Å². The first-order valence-corrected chi connectivity index (χ1v) is 9.17. The Hall–Kier alpha value is -1.54. The van der Waals surface area contributed by atoms with E-state index in [-0.39, 0.29) is 0 Å². The lowest BCUT2D eigenvalue weighted by Gasteiger charge is -2.53. The Kier molecular flexibility index (Phi) is 3.81. The van der Waals surface area contributed by atoms with Gasteiger partial charge in [0.05, 0.1) is 0 Å². The van der Waals surface area contributed by atoms with Gasteiger partial charge < -0.3 is 4.98 Å². The number of aromatic nitrogens is 1. The van der Waals surface area contributed by atoms with Gasteiger partial charge in [0.25, 0.3) is 0 Å². The summed E-state index contributed by atoms with van der Waals surface area (Å²) in [6.45, 7) is 7.26. The van der Waals surface area contributed by atoms with Crippen molar-refractivity contribution in [2.45, 2.75) is 45.6 Å². The summed E-state index contributed by atoms with van der Waals surface area (Å²) in [4.78, 5) is 6.16. The number of piperidine rings is 1. The van der Waals surface area contributed by atoms with Crippen LogP contribution >= 0.6 is 0 Å². The minimum Gasteiger partial charge on any atom is -0.361 e. The Morgan fingerprint density at radius 3 is 2.96 bits per heavy atom. The van der Waals surface area contributed by atoms with E-state index in [1.807, 2.05) is 0 Å². The molecule has 1 N–H and O–H groups in total. The second-order valence-electron chi connectivity index (χ2n) is 7.80. The molecule has 2 aromatic rings. The molecule has 0 amide bonds. The molecule has 2 aliphatic heterocycles. The van der Waals surface area contributed by atoms with Gasteiger partial charge in [-0.1, -0.05) is 50.6 Å². The topological polar surface area (TPSA) is 19.0 Å². The van der Waals surface area contributed by atoms with Crippen molar-refractivity contribution in [2.24, 2.45) is 11.3 Å².